The first-order valence-corrected chi connectivity index (χ1v) is 12.1. The first kappa shape index (κ1) is 22.3. The summed E-state index contributed by atoms with van der Waals surface area (Å²) in [5.74, 6) is 0.877. The van der Waals surface area contributed by atoms with Crippen LogP contribution in [-0.2, 0) is 4.79 Å². The van der Waals surface area contributed by atoms with Gasteiger partial charge in [-0.3, -0.25) is 4.79 Å². The average molecular weight is 456 g/mol. The molecule has 1 saturated heterocycles. The highest BCUT2D eigenvalue weighted by Gasteiger charge is 2.32. The maximum atomic E-state index is 14.2. The molecule has 1 aliphatic heterocycles. The van der Waals surface area contributed by atoms with Crippen LogP contribution in [0.25, 0.3) is 22.4 Å². The number of fused-ring (bicyclic) bond motifs is 1. The number of halogens is 1. The van der Waals surface area contributed by atoms with Gasteiger partial charge in [0.25, 0.3) is 0 Å². The van der Waals surface area contributed by atoms with Crippen molar-refractivity contribution in [1.82, 2.24) is 14.5 Å². The number of likely N-dealkylation sites (tertiary alicyclic amines) is 1. The van der Waals surface area contributed by atoms with E-state index in [-0.39, 0.29) is 29.6 Å². The van der Waals surface area contributed by atoms with E-state index in [1.54, 1.807) is 12.1 Å². The van der Waals surface area contributed by atoms with Crippen molar-refractivity contribution in [2.45, 2.75) is 38.6 Å². The second-order valence-electron chi connectivity index (χ2n) is 9.49. The van der Waals surface area contributed by atoms with Crippen LogP contribution in [0, 0.1) is 11.7 Å². The second-order valence-corrected chi connectivity index (χ2v) is 9.49. The van der Waals surface area contributed by atoms with Gasteiger partial charge in [0, 0.05) is 24.7 Å². The van der Waals surface area contributed by atoms with Crippen molar-refractivity contribution in [1.29, 1.82) is 0 Å². The SMILES string of the molecule is CC(C)[C@H](C(=O)N1CCC(n2c(-c3ccccc3)nc3ccc(F)cc32)CC1)c1ccccc1. The van der Waals surface area contributed by atoms with Gasteiger partial charge in [-0.25, -0.2) is 9.37 Å². The molecule has 3 aromatic carbocycles. The Labute approximate surface area is 200 Å². The number of carbonyl (C=O) groups excluding carboxylic acids is 1. The summed E-state index contributed by atoms with van der Waals surface area (Å²) >= 11 is 0. The third kappa shape index (κ3) is 4.23. The van der Waals surface area contributed by atoms with Gasteiger partial charge in [0.1, 0.15) is 11.6 Å². The van der Waals surface area contributed by atoms with Crippen molar-refractivity contribution in [3.8, 4) is 11.4 Å². The summed E-state index contributed by atoms with van der Waals surface area (Å²) in [4.78, 5) is 20.4. The van der Waals surface area contributed by atoms with E-state index in [9.17, 15) is 9.18 Å². The van der Waals surface area contributed by atoms with Crippen LogP contribution in [0.15, 0.2) is 78.9 Å². The highest BCUT2D eigenvalue weighted by Crippen LogP contribution is 2.35. The van der Waals surface area contributed by atoms with E-state index in [1.165, 1.54) is 6.07 Å². The maximum absolute atomic E-state index is 14.2. The van der Waals surface area contributed by atoms with E-state index < -0.39 is 0 Å². The van der Waals surface area contributed by atoms with Gasteiger partial charge in [0.2, 0.25) is 5.91 Å². The van der Waals surface area contributed by atoms with Crippen LogP contribution in [0.4, 0.5) is 4.39 Å². The average Bonchev–Trinajstić information content (AvgIpc) is 3.24. The van der Waals surface area contributed by atoms with Gasteiger partial charge in [-0.15, -0.1) is 0 Å². The lowest BCUT2D eigenvalue weighted by molar-refractivity contribution is -0.135. The number of aromatic nitrogens is 2. The van der Waals surface area contributed by atoms with Crippen LogP contribution in [-0.4, -0.2) is 33.4 Å². The molecule has 1 atom stereocenters. The molecular weight excluding hydrogens is 425 g/mol. The second kappa shape index (κ2) is 9.41. The fourth-order valence-corrected chi connectivity index (χ4v) is 5.24. The molecule has 2 heterocycles. The van der Waals surface area contributed by atoms with Gasteiger partial charge >= 0.3 is 0 Å². The molecule has 1 aliphatic rings. The molecule has 0 unspecified atom stereocenters. The van der Waals surface area contributed by atoms with E-state index in [0.29, 0.717) is 13.1 Å². The first-order chi connectivity index (χ1) is 16.5. The molecular formula is C29H30FN3O. The Kier molecular flexibility index (Phi) is 6.18. The lowest BCUT2D eigenvalue weighted by atomic mass is 9.86. The number of imidazole rings is 1. The minimum absolute atomic E-state index is 0.138. The van der Waals surface area contributed by atoms with E-state index in [1.807, 2.05) is 65.6 Å². The minimum Gasteiger partial charge on any atom is -0.342 e. The van der Waals surface area contributed by atoms with Crippen LogP contribution in [0.1, 0.15) is 44.2 Å². The topological polar surface area (TPSA) is 38.1 Å². The van der Waals surface area contributed by atoms with Crippen LogP contribution in [0.2, 0.25) is 0 Å². The predicted octanol–water partition coefficient (Wildman–Crippen LogP) is 6.45. The number of nitrogens with zero attached hydrogens (tertiary/aromatic N) is 3. The third-order valence-electron chi connectivity index (χ3n) is 6.92. The van der Waals surface area contributed by atoms with Gasteiger partial charge < -0.3 is 9.47 Å². The summed E-state index contributed by atoms with van der Waals surface area (Å²) < 4.78 is 16.4. The first-order valence-electron chi connectivity index (χ1n) is 12.1. The molecule has 174 valence electrons. The van der Waals surface area contributed by atoms with E-state index in [2.05, 4.69) is 18.4 Å². The minimum atomic E-state index is -0.261. The smallest absolute Gasteiger partial charge is 0.230 e. The monoisotopic (exact) mass is 455 g/mol. The van der Waals surface area contributed by atoms with Gasteiger partial charge in [-0.1, -0.05) is 74.5 Å². The quantitative estimate of drug-likeness (QED) is 0.347. The number of benzene rings is 3. The van der Waals surface area contributed by atoms with Crippen LogP contribution >= 0.6 is 0 Å². The number of amides is 1. The molecule has 4 aromatic rings. The summed E-state index contributed by atoms with van der Waals surface area (Å²) in [6.45, 7) is 5.59. The molecule has 0 saturated carbocycles. The Bertz CT molecular complexity index is 1270. The molecule has 0 radical (unpaired) electrons. The summed E-state index contributed by atoms with van der Waals surface area (Å²) in [5.41, 5.74) is 3.70. The Balaban J connectivity index is 1.42. The zero-order valence-corrected chi connectivity index (χ0v) is 19.7. The molecule has 0 aliphatic carbocycles. The van der Waals surface area contributed by atoms with Crippen molar-refractivity contribution in [3.63, 3.8) is 0 Å². The van der Waals surface area contributed by atoms with Crippen molar-refractivity contribution < 1.29 is 9.18 Å². The Hall–Kier alpha value is -3.47. The zero-order chi connectivity index (χ0) is 23.7. The Morgan fingerprint density at radius 3 is 2.24 bits per heavy atom. The van der Waals surface area contributed by atoms with Gasteiger partial charge in [-0.2, -0.15) is 0 Å². The Morgan fingerprint density at radius 1 is 0.941 bits per heavy atom. The number of carbonyl (C=O) groups is 1. The summed E-state index contributed by atoms with van der Waals surface area (Å²) in [6, 6.07) is 25.1. The van der Waals surface area contributed by atoms with Crippen molar-refractivity contribution in [2.24, 2.45) is 5.92 Å². The van der Waals surface area contributed by atoms with Gasteiger partial charge in [-0.05, 0) is 42.5 Å². The molecule has 5 heteroatoms. The van der Waals surface area contributed by atoms with Crippen molar-refractivity contribution in [3.05, 3.63) is 90.2 Å². The number of hydrogen-bond acceptors (Lipinski definition) is 2. The van der Waals surface area contributed by atoms with E-state index in [4.69, 9.17) is 4.98 Å². The molecule has 0 bridgehead atoms. The molecule has 5 rings (SSSR count). The van der Waals surface area contributed by atoms with Crippen LogP contribution < -0.4 is 0 Å². The molecule has 1 aromatic heterocycles. The van der Waals surface area contributed by atoms with Gasteiger partial charge in [0.15, 0.2) is 0 Å². The molecule has 0 N–H and O–H groups in total. The number of hydrogen-bond donors (Lipinski definition) is 0. The van der Waals surface area contributed by atoms with Crippen molar-refractivity contribution in [2.75, 3.05) is 13.1 Å². The molecule has 34 heavy (non-hydrogen) atoms. The van der Waals surface area contributed by atoms with Gasteiger partial charge in [0.05, 0.1) is 17.0 Å². The fraction of sp³-hybridized carbons (Fsp3) is 0.310. The molecule has 1 fully saturated rings. The van der Waals surface area contributed by atoms with Crippen molar-refractivity contribution >= 4 is 16.9 Å². The van der Waals surface area contributed by atoms with E-state index >= 15 is 0 Å². The Morgan fingerprint density at radius 2 is 1.59 bits per heavy atom. The lowest BCUT2D eigenvalue weighted by Gasteiger charge is -2.36. The molecule has 4 nitrogen and oxygen atoms in total. The summed E-state index contributed by atoms with van der Waals surface area (Å²) in [5, 5.41) is 0. The number of rotatable bonds is 5. The van der Waals surface area contributed by atoms with Crippen LogP contribution in [0.3, 0.4) is 0 Å². The van der Waals surface area contributed by atoms with E-state index in [0.717, 1.165) is 40.8 Å². The molecule has 1 amide bonds. The maximum Gasteiger partial charge on any atom is 0.230 e. The predicted molar refractivity (Wildman–Crippen MR) is 134 cm³/mol. The highest BCUT2D eigenvalue weighted by molar-refractivity contribution is 5.84. The highest BCUT2D eigenvalue weighted by atomic mass is 19.1. The lowest BCUT2D eigenvalue weighted by Crippen LogP contribution is -2.42. The standard InChI is InChI=1S/C29H30FN3O/c1-20(2)27(21-9-5-3-6-10-21)29(34)32-17-15-24(16-18-32)33-26-19-23(30)13-14-25(26)31-28(33)22-11-7-4-8-12-22/h3-14,19-20,24,27H,15-18H2,1-2H3/t27-/m0/s1. The van der Waals surface area contributed by atoms with Crippen LogP contribution in [0.5, 0.6) is 0 Å². The number of piperidine rings is 1. The largest absolute Gasteiger partial charge is 0.342 e. The zero-order valence-electron chi connectivity index (χ0n) is 19.7. The fourth-order valence-electron chi connectivity index (χ4n) is 5.24. The normalized spacial score (nSPS) is 15.7. The summed E-state index contributed by atoms with van der Waals surface area (Å²) in [6.07, 6.45) is 1.63. The third-order valence-corrected chi connectivity index (χ3v) is 6.92. The summed E-state index contributed by atoms with van der Waals surface area (Å²) in [7, 11) is 0. The molecule has 0 spiro atoms.